The first-order valence-corrected chi connectivity index (χ1v) is 11.0. The molecule has 1 nitrogen and oxygen atoms in total. The van der Waals surface area contributed by atoms with Gasteiger partial charge in [0.2, 0.25) is 0 Å². The van der Waals surface area contributed by atoms with Gasteiger partial charge in [0.25, 0.3) is 0 Å². The van der Waals surface area contributed by atoms with Crippen LogP contribution in [-0.4, -0.2) is 24.0 Å². The van der Waals surface area contributed by atoms with Crippen molar-refractivity contribution in [3.05, 3.63) is 0 Å². The van der Waals surface area contributed by atoms with E-state index in [0.29, 0.717) is 21.7 Å². The Balaban J connectivity index is 1.78. The second-order valence-corrected chi connectivity index (χ2v) is 11.9. The first kappa shape index (κ1) is 21.3. The smallest absolute Gasteiger partial charge is 0.0285 e. The third-order valence-corrected chi connectivity index (χ3v) is 8.46. The first-order valence-electron chi connectivity index (χ1n) is 11.0. The van der Waals surface area contributed by atoms with Crippen LogP contribution in [0.3, 0.4) is 0 Å². The molecule has 1 aliphatic heterocycles. The van der Waals surface area contributed by atoms with Crippen molar-refractivity contribution >= 4 is 0 Å². The molecule has 148 valence electrons. The van der Waals surface area contributed by atoms with E-state index in [1.54, 1.807) is 0 Å². The maximum absolute atomic E-state index is 2.67. The zero-order valence-electron chi connectivity index (χ0n) is 19.1. The van der Waals surface area contributed by atoms with Crippen LogP contribution >= 0.6 is 0 Å². The lowest BCUT2D eigenvalue weighted by Gasteiger charge is -2.33. The molecular formula is C24H47N. The van der Waals surface area contributed by atoms with Gasteiger partial charge in [-0.1, -0.05) is 88.5 Å². The van der Waals surface area contributed by atoms with Crippen LogP contribution in [0.15, 0.2) is 0 Å². The average Bonchev–Trinajstić information content (AvgIpc) is 3.34. The molecule has 1 saturated heterocycles. The van der Waals surface area contributed by atoms with Crippen molar-refractivity contribution in [3.63, 3.8) is 0 Å². The predicted octanol–water partition coefficient (Wildman–Crippen LogP) is 7.01. The summed E-state index contributed by atoms with van der Waals surface area (Å²) in [4.78, 5) is 2.67. The lowest BCUT2D eigenvalue weighted by Crippen LogP contribution is -2.23. The largest absolute Gasteiger partial charge is 0.297 e. The third kappa shape index (κ3) is 4.12. The molecule has 0 aromatic heterocycles. The summed E-state index contributed by atoms with van der Waals surface area (Å²) in [5.74, 6) is 1.74. The van der Waals surface area contributed by atoms with E-state index in [2.05, 4.69) is 74.1 Å². The van der Waals surface area contributed by atoms with Crippen molar-refractivity contribution in [1.29, 1.82) is 0 Å². The summed E-state index contributed by atoms with van der Waals surface area (Å²) >= 11 is 0. The molecule has 0 aromatic rings. The summed E-state index contributed by atoms with van der Waals surface area (Å²) in [5.41, 5.74) is 2.06. The zero-order chi connectivity index (χ0) is 19.3. The highest BCUT2D eigenvalue weighted by atomic mass is 15.3. The Kier molecular flexibility index (Phi) is 5.82. The minimum atomic E-state index is 0.449. The van der Waals surface area contributed by atoms with Gasteiger partial charge in [-0.15, -0.1) is 0 Å². The van der Waals surface area contributed by atoms with Crippen LogP contribution in [0, 0.1) is 33.5 Å². The summed E-state index contributed by atoms with van der Waals surface area (Å²) in [6.45, 7) is 27.2. The number of unbranched alkanes of at least 4 members (excludes halogenated alkanes) is 1. The number of nitrogens with zero attached hydrogens (tertiary/aromatic N) is 1. The average molecular weight is 350 g/mol. The molecule has 2 rings (SSSR count). The van der Waals surface area contributed by atoms with E-state index >= 15 is 0 Å². The van der Waals surface area contributed by atoms with Gasteiger partial charge >= 0.3 is 0 Å². The molecule has 1 saturated carbocycles. The van der Waals surface area contributed by atoms with E-state index in [1.807, 2.05) is 0 Å². The van der Waals surface area contributed by atoms with Crippen molar-refractivity contribution < 1.29 is 0 Å². The Bertz CT molecular complexity index is 459. The van der Waals surface area contributed by atoms with Gasteiger partial charge in [0.15, 0.2) is 0 Å². The van der Waals surface area contributed by atoms with Crippen molar-refractivity contribution in [3.8, 4) is 0 Å². The normalized spacial score (nSPS) is 39.4. The fraction of sp³-hybridized carbons (Fsp3) is 1.00. The van der Waals surface area contributed by atoms with Crippen LogP contribution in [0.25, 0.3) is 0 Å². The SMILES string of the molecule is CCN1CC1C1(C)C(C)C1(C)C(C)CCCCC(C)(C)CC(C)(C)C. The molecule has 0 amide bonds. The lowest BCUT2D eigenvalue weighted by atomic mass is 9.73. The van der Waals surface area contributed by atoms with Gasteiger partial charge < -0.3 is 0 Å². The Morgan fingerprint density at radius 2 is 1.68 bits per heavy atom. The van der Waals surface area contributed by atoms with Crippen molar-refractivity contribution in [2.45, 2.75) is 107 Å². The molecule has 2 aliphatic rings. The fourth-order valence-electron chi connectivity index (χ4n) is 6.70. The van der Waals surface area contributed by atoms with Crippen molar-refractivity contribution in [1.82, 2.24) is 4.90 Å². The molecule has 1 heteroatoms. The molecule has 1 heterocycles. The number of hydrogen-bond donors (Lipinski definition) is 0. The van der Waals surface area contributed by atoms with Gasteiger partial charge in [0, 0.05) is 12.6 Å². The summed E-state index contributed by atoms with van der Waals surface area (Å²) in [7, 11) is 0. The molecule has 0 spiro atoms. The lowest BCUT2D eigenvalue weighted by molar-refractivity contribution is 0.188. The monoisotopic (exact) mass is 349 g/mol. The zero-order valence-corrected chi connectivity index (χ0v) is 19.1. The van der Waals surface area contributed by atoms with Gasteiger partial charge in [0.1, 0.15) is 0 Å². The van der Waals surface area contributed by atoms with E-state index in [9.17, 15) is 0 Å². The molecule has 0 radical (unpaired) electrons. The van der Waals surface area contributed by atoms with Gasteiger partial charge in [-0.25, -0.2) is 0 Å². The van der Waals surface area contributed by atoms with E-state index in [-0.39, 0.29) is 0 Å². The predicted molar refractivity (Wildman–Crippen MR) is 112 cm³/mol. The Morgan fingerprint density at radius 3 is 2.16 bits per heavy atom. The molecule has 2 fully saturated rings. The summed E-state index contributed by atoms with van der Waals surface area (Å²) in [6.07, 6.45) is 6.94. The highest BCUT2D eigenvalue weighted by Crippen LogP contribution is 2.76. The van der Waals surface area contributed by atoms with Crippen molar-refractivity contribution in [2.24, 2.45) is 33.5 Å². The molecule has 0 N–H and O–H groups in total. The van der Waals surface area contributed by atoms with E-state index < -0.39 is 0 Å². The highest BCUT2D eigenvalue weighted by Gasteiger charge is 2.75. The van der Waals surface area contributed by atoms with Crippen LogP contribution in [0.2, 0.25) is 0 Å². The Hall–Kier alpha value is -0.0400. The van der Waals surface area contributed by atoms with Gasteiger partial charge in [0.05, 0.1) is 0 Å². The molecular weight excluding hydrogens is 302 g/mol. The fourth-order valence-corrected chi connectivity index (χ4v) is 6.70. The van der Waals surface area contributed by atoms with Crippen LogP contribution in [-0.2, 0) is 0 Å². The van der Waals surface area contributed by atoms with E-state index in [1.165, 1.54) is 45.2 Å². The number of hydrogen-bond acceptors (Lipinski definition) is 1. The Labute approximate surface area is 159 Å². The van der Waals surface area contributed by atoms with Gasteiger partial charge in [-0.05, 0) is 52.9 Å². The van der Waals surface area contributed by atoms with Gasteiger partial charge in [-0.3, -0.25) is 4.90 Å². The first-order chi connectivity index (χ1) is 11.3. The van der Waals surface area contributed by atoms with Crippen LogP contribution in [0.1, 0.15) is 101 Å². The molecule has 25 heavy (non-hydrogen) atoms. The van der Waals surface area contributed by atoms with Crippen molar-refractivity contribution in [2.75, 3.05) is 13.1 Å². The molecule has 1 aliphatic carbocycles. The van der Waals surface area contributed by atoms with Crippen LogP contribution in [0.5, 0.6) is 0 Å². The summed E-state index contributed by atoms with van der Waals surface area (Å²) in [5, 5.41) is 0. The van der Waals surface area contributed by atoms with Crippen LogP contribution in [0.4, 0.5) is 0 Å². The second-order valence-electron chi connectivity index (χ2n) is 11.9. The number of rotatable bonds is 9. The quantitative estimate of drug-likeness (QED) is 0.319. The molecule has 6 atom stereocenters. The molecule has 6 unspecified atom stereocenters. The third-order valence-electron chi connectivity index (χ3n) is 8.46. The Morgan fingerprint density at radius 1 is 1.08 bits per heavy atom. The maximum atomic E-state index is 2.67. The minimum absolute atomic E-state index is 0.449. The van der Waals surface area contributed by atoms with E-state index in [0.717, 1.165) is 17.9 Å². The maximum Gasteiger partial charge on any atom is 0.0285 e. The molecule has 0 bridgehead atoms. The van der Waals surface area contributed by atoms with Gasteiger partial charge in [-0.2, -0.15) is 0 Å². The standard InChI is InChI=1S/C24H47N/c1-11-25-16-20(25)24(10)19(3)23(24,9)18(2)14-12-13-15-22(7,8)17-21(4,5)6/h18-20H,11-17H2,1-10H3. The summed E-state index contributed by atoms with van der Waals surface area (Å²) < 4.78 is 0. The highest BCUT2D eigenvalue weighted by molar-refractivity contribution is 5.25. The number of likely N-dealkylation sites (N-methyl/N-ethyl adjacent to an activating group) is 1. The molecule has 0 aromatic carbocycles. The van der Waals surface area contributed by atoms with E-state index in [4.69, 9.17) is 0 Å². The minimum Gasteiger partial charge on any atom is -0.297 e. The summed E-state index contributed by atoms with van der Waals surface area (Å²) in [6, 6.07) is 0.866. The van der Waals surface area contributed by atoms with Crippen LogP contribution < -0.4 is 0 Å². The second kappa shape index (κ2) is 6.84. The topological polar surface area (TPSA) is 3.01 Å².